The van der Waals surface area contributed by atoms with Gasteiger partial charge in [-0.05, 0) is 48.9 Å². The maximum atomic E-state index is 12.2. The molecule has 0 atom stereocenters. The Morgan fingerprint density at radius 3 is 2.29 bits per heavy atom. The minimum Gasteiger partial charge on any atom is -0.497 e. The van der Waals surface area contributed by atoms with Gasteiger partial charge in [0.25, 0.3) is 0 Å². The minimum atomic E-state index is -0.445. The second kappa shape index (κ2) is 6.91. The summed E-state index contributed by atoms with van der Waals surface area (Å²) in [6.07, 6.45) is 0. The number of rotatable bonds is 4. The monoisotopic (exact) mass is 320 g/mol. The van der Waals surface area contributed by atoms with Crippen LogP contribution in [0.1, 0.15) is 15.9 Å². The van der Waals surface area contributed by atoms with E-state index in [0.29, 0.717) is 11.3 Å². The Hall–Kier alpha value is -3.21. The molecule has 0 radical (unpaired) electrons. The molecule has 0 aliphatic carbocycles. The Kier molecular flexibility index (Phi) is 4.52. The second-order valence-electron chi connectivity index (χ2n) is 5.19. The van der Waals surface area contributed by atoms with Crippen LogP contribution in [-0.2, 0) is 0 Å². The minimum absolute atomic E-state index is 0.167. The van der Waals surface area contributed by atoms with Crippen molar-refractivity contribution in [1.82, 2.24) is 10.2 Å². The smallest absolute Gasteiger partial charge is 0.345 e. The summed E-state index contributed by atoms with van der Waals surface area (Å²) >= 11 is 0. The molecule has 0 bridgehead atoms. The van der Waals surface area contributed by atoms with Crippen LogP contribution in [0, 0.1) is 6.92 Å². The van der Waals surface area contributed by atoms with Crippen LogP contribution in [0.25, 0.3) is 11.3 Å². The van der Waals surface area contributed by atoms with Crippen molar-refractivity contribution in [2.24, 2.45) is 0 Å². The van der Waals surface area contributed by atoms with Gasteiger partial charge < -0.3 is 9.47 Å². The molecule has 0 fully saturated rings. The number of hydrogen-bond donors (Lipinski definition) is 0. The normalized spacial score (nSPS) is 10.2. The molecule has 0 spiro atoms. The van der Waals surface area contributed by atoms with E-state index in [2.05, 4.69) is 10.2 Å². The topological polar surface area (TPSA) is 61.3 Å². The predicted octanol–water partition coefficient (Wildman–Crippen LogP) is 3.68. The third-order valence-corrected chi connectivity index (χ3v) is 3.59. The fourth-order valence-corrected chi connectivity index (χ4v) is 2.24. The Bertz CT molecular complexity index is 843. The van der Waals surface area contributed by atoms with Gasteiger partial charge in [0.1, 0.15) is 5.75 Å². The molecule has 3 aromatic rings. The Labute approximate surface area is 139 Å². The lowest BCUT2D eigenvalue weighted by atomic mass is 10.1. The maximum Gasteiger partial charge on any atom is 0.345 e. The van der Waals surface area contributed by atoms with Gasteiger partial charge in [-0.3, -0.25) is 0 Å². The van der Waals surface area contributed by atoms with Crippen molar-refractivity contribution >= 4 is 5.97 Å². The van der Waals surface area contributed by atoms with E-state index in [1.165, 1.54) is 0 Å². The van der Waals surface area contributed by atoms with Crippen molar-refractivity contribution in [3.63, 3.8) is 0 Å². The van der Waals surface area contributed by atoms with Gasteiger partial charge in [-0.2, -0.15) is 0 Å². The molecule has 1 heterocycles. The summed E-state index contributed by atoms with van der Waals surface area (Å²) in [7, 11) is 1.62. The highest BCUT2D eigenvalue weighted by atomic mass is 16.5. The van der Waals surface area contributed by atoms with Gasteiger partial charge in [0, 0.05) is 11.6 Å². The van der Waals surface area contributed by atoms with Gasteiger partial charge in [-0.1, -0.05) is 18.2 Å². The molecule has 0 aliphatic rings. The number of carbonyl (C=O) groups excluding carboxylic acids is 1. The Morgan fingerprint density at radius 2 is 1.67 bits per heavy atom. The number of ether oxygens (including phenoxy) is 2. The van der Waals surface area contributed by atoms with E-state index in [1.807, 2.05) is 43.3 Å². The lowest BCUT2D eigenvalue weighted by Gasteiger charge is -2.06. The van der Waals surface area contributed by atoms with Gasteiger partial charge in [-0.25, -0.2) is 4.79 Å². The number of methoxy groups -OCH3 is 1. The third-order valence-electron chi connectivity index (χ3n) is 3.59. The molecular weight excluding hydrogens is 304 g/mol. The fourth-order valence-electron chi connectivity index (χ4n) is 2.24. The van der Waals surface area contributed by atoms with Crippen molar-refractivity contribution < 1.29 is 14.3 Å². The van der Waals surface area contributed by atoms with Crippen LogP contribution in [0.3, 0.4) is 0 Å². The zero-order valence-electron chi connectivity index (χ0n) is 13.4. The quantitative estimate of drug-likeness (QED) is 0.686. The van der Waals surface area contributed by atoms with Crippen LogP contribution in [0.5, 0.6) is 11.6 Å². The molecule has 24 heavy (non-hydrogen) atoms. The standard InChI is InChI=1S/C19H16N2O3/c1-13-5-3-4-6-16(13)19(22)24-18-12-11-17(20-21-18)14-7-9-15(23-2)10-8-14/h3-12H,1-2H3. The first-order valence-corrected chi connectivity index (χ1v) is 7.43. The second-order valence-corrected chi connectivity index (χ2v) is 5.19. The van der Waals surface area contributed by atoms with Crippen molar-refractivity contribution in [2.75, 3.05) is 7.11 Å². The number of aryl methyl sites for hydroxylation is 1. The van der Waals surface area contributed by atoms with Crippen LogP contribution in [0.2, 0.25) is 0 Å². The van der Waals surface area contributed by atoms with E-state index in [-0.39, 0.29) is 5.88 Å². The van der Waals surface area contributed by atoms with E-state index in [0.717, 1.165) is 16.9 Å². The van der Waals surface area contributed by atoms with E-state index < -0.39 is 5.97 Å². The molecule has 5 nitrogen and oxygen atoms in total. The van der Waals surface area contributed by atoms with Crippen molar-refractivity contribution in [1.29, 1.82) is 0 Å². The average molecular weight is 320 g/mol. The SMILES string of the molecule is COc1ccc(-c2ccc(OC(=O)c3ccccc3C)nn2)cc1. The lowest BCUT2D eigenvalue weighted by Crippen LogP contribution is -2.11. The molecule has 3 rings (SSSR count). The average Bonchev–Trinajstić information content (AvgIpc) is 2.63. The molecule has 5 heteroatoms. The van der Waals surface area contributed by atoms with Gasteiger partial charge >= 0.3 is 5.97 Å². The number of aromatic nitrogens is 2. The molecular formula is C19H16N2O3. The first kappa shape index (κ1) is 15.7. The molecule has 2 aromatic carbocycles. The van der Waals surface area contributed by atoms with E-state index in [9.17, 15) is 4.79 Å². The highest BCUT2D eigenvalue weighted by Crippen LogP contribution is 2.21. The first-order chi connectivity index (χ1) is 11.7. The molecule has 1 aromatic heterocycles. The highest BCUT2D eigenvalue weighted by Gasteiger charge is 2.12. The maximum absolute atomic E-state index is 12.2. The summed E-state index contributed by atoms with van der Waals surface area (Å²) in [5.41, 5.74) is 2.96. The predicted molar refractivity (Wildman–Crippen MR) is 90.2 cm³/mol. The van der Waals surface area contributed by atoms with Crippen molar-refractivity contribution in [3.8, 4) is 22.9 Å². The molecule has 0 saturated heterocycles. The molecule has 0 aliphatic heterocycles. The number of hydrogen-bond acceptors (Lipinski definition) is 5. The number of benzene rings is 2. The van der Waals surface area contributed by atoms with Gasteiger partial charge in [0.2, 0.25) is 5.88 Å². The Morgan fingerprint density at radius 1 is 0.917 bits per heavy atom. The fraction of sp³-hybridized carbons (Fsp3) is 0.105. The molecule has 120 valence electrons. The van der Waals surface area contributed by atoms with Crippen molar-refractivity contribution in [2.45, 2.75) is 6.92 Å². The van der Waals surface area contributed by atoms with Gasteiger partial charge in [0.05, 0.1) is 18.4 Å². The van der Waals surface area contributed by atoms with Crippen LogP contribution >= 0.6 is 0 Å². The van der Waals surface area contributed by atoms with Gasteiger partial charge in [-0.15, -0.1) is 10.2 Å². The molecule has 0 N–H and O–H groups in total. The van der Waals surface area contributed by atoms with E-state index in [1.54, 1.807) is 31.4 Å². The highest BCUT2D eigenvalue weighted by molar-refractivity contribution is 5.92. The summed E-state index contributed by atoms with van der Waals surface area (Å²) in [4.78, 5) is 12.2. The molecule has 0 amide bonds. The molecule has 0 unspecified atom stereocenters. The first-order valence-electron chi connectivity index (χ1n) is 7.43. The summed E-state index contributed by atoms with van der Waals surface area (Å²) in [5.74, 6) is 0.496. The summed E-state index contributed by atoms with van der Waals surface area (Å²) in [5, 5.41) is 8.07. The lowest BCUT2D eigenvalue weighted by molar-refractivity contribution is 0.0725. The summed E-state index contributed by atoms with van der Waals surface area (Å²) in [6.45, 7) is 1.86. The van der Waals surface area contributed by atoms with Crippen LogP contribution in [0.4, 0.5) is 0 Å². The number of esters is 1. The van der Waals surface area contributed by atoms with Crippen molar-refractivity contribution in [3.05, 3.63) is 71.8 Å². The summed E-state index contributed by atoms with van der Waals surface area (Å²) in [6, 6.07) is 18.1. The van der Waals surface area contributed by atoms with Crippen LogP contribution < -0.4 is 9.47 Å². The largest absolute Gasteiger partial charge is 0.497 e. The molecule has 0 saturated carbocycles. The summed E-state index contributed by atoms with van der Waals surface area (Å²) < 4.78 is 10.4. The zero-order chi connectivity index (χ0) is 16.9. The number of carbonyl (C=O) groups is 1. The number of nitrogens with zero attached hydrogens (tertiary/aromatic N) is 2. The van der Waals surface area contributed by atoms with Crippen LogP contribution in [0.15, 0.2) is 60.7 Å². The van der Waals surface area contributed by atoms with Crippen LogP contribution in [-0.4, -0.2) is 23.3 Å². The third kappa shape index (κ3) is 3.41. The van der Waals surface area contributed by atoms with E-state index >= 15 is 0 Å². The van der Waals surface area contributed by atoms with E-state index in [4.69, 9.17) is 9.47 Å². The Balaban J connectivity index is 1.74. The van der Waals surface area contributed by atoms with Gasteiger partial charge in [0.15, 0.2) is 0 Å². The zero-order valence-corrected chi connectivity index (χ0v) is 13.4.